The van der Waals surface area contributed by atoms with Crippen molar-refractivity contribution in [3.05, 3.63) is 46.6 Å². The van der Waals surface area contributed by atoms with E-state index in [9.17, 15) is 8.78 Å². The minimum Gasteiger partial charge on any atom is -0.434 e. The molecular weight excluding hydrogens is 346 g/mol. The number of thiophene rings is 1. The van der Waals surface area contributed by atoms with Gasteiger partial charge in [0.25, 0.3) is 0 Å². The number of hydrogen-bond acceptors (Lipinski definition) is 6. The lowest BCUT2D eigenvalue weighted by molar-refractivity contribution is -0.0499. The maximum Gasteiger partial charge on any atom is 0.387 e. The number of alkyl halides is 2. The number of aromatic nitrogens is 2. The van der Waals surface area contributed by atoms with Crippen molar-refractivity contribution in [1.82, 2.24) is 9.97 Å². The summed E-state index contributed by atoms with van der Waals surface area (Å²) in [6.45, 7) is 2.85. The molecule has 0 aliphatic heterocycles. The smallest absolute Gasteiger partial charge is 0.387 e. The van der Waals surface area contributed by atoms with E-state index in [2.05, 4.69) is 25.2 Å². The molecule has 25 heavy (non-hydrogen) atoms. The van der Waals surface area contributed by atoms with E-state index in [-0.39, 0.29) is 5.75 Å². The SMILES string of the molecule is C/C(=N/Nc1ncnc2sc(C)c(C)c12)c1ccccc1OC(F)F. The molecule has 0 aliphatic rings. The number of rotatable bonds is 5. The van der Waals surface area contributed by atoms with Gasteiger partial charge in [0.05, 0.1) is 11.1 Å². The Bertz CT molecular complexity index is 940. The van der Waals surface area contributed by atoms with Crippen molar-refractivity contribution in [3.8, 4) is 5.75 Å². The molecule has 1 aromatic carbocycles. The summed E-state index contributed by atoms with van der Waals surface area (Å²) >= 11 is 1.59. The average Bonchev–Trinajstić information content (AvgIpc) is 2.87. The summed E-state index contributed by atoms with van der Waals surface area (Å²) in [6, 6.07) is 6.53. The molecule has 8 heteroatoms. The summed E-state index contributed by atoms with van der Waals surface area (Å²) in [6.07, 6.45) is 1.47. The quantitative estimate of drug-likeness (QED) is 0.526. The molecule has 0 spiro atoms. The number of aryl methyl sites for hydroxylation is 2. The summed E-state index contributed by atoms with van der Waals surface area (Å²) in [5, 5.41) is 5.20. The molecule has 0 saturated carbocycles. The van der Waals surface area contributed by atoms with Crippen LogP contribution in [0.3, 0.4) is 0 Å². The predicted molar refractivity (Wildman–Crippen MR) is 95.8 cm³/mol. The number of nitrogens with zero attached hydrogens (tertiary/aromatic N) is 3. The van der Waals surface area contributed by atoms with Crippen LogP contribution in [0.15, 0.2) is 35.7 Å². The van der Waals surface area contributed by atoms with Gasteiger partial charge >= 0.3 is 6.61 Å². The fraction of sp³-hybridized carbons (Fsp3) is 0.235. The third kappa shape index (κ3) is 3.58. The molecule has 5 nitrogen and oxygen atoms in total. The van der Waals surface area contributed by atoms with Gasteiger partial charge in [-0.25, -0.2) is 9.97 Å². The van der Waals surface area contributed by atoms with Crippen LogP contribution in [0.4, 0.5) is 14.6 Å². The second kappa shape index (κ2) is 7.10. The minimum atomic E-state index is -2.89. The molecule has 3 aromatic rings. The maximum absolute atomic E-state index is 12.5. The lowest BCUT2D eigenvalue weighted by Crippen LogP contribution is -2.08. The van der Waals surface area contributed by atoms with Gasteiger partial charge < -0.3 is 4.74 Å². The van der Waals surface area contributed by atoms with E-state index in [0.717, 1.165) is 20.7 Å². The zero-order chi connectivity index (χ0) is 18.0. The van der Waals surface area contributed by atoms with E-state index in [0.29, 0.717) is 17.1 Å². The lowest BCUT2D eigenvalue weighted by atomic mass is 10.1. The molecule has 0 unspecified atom stereocenters. The molecule has 0 saturated heterocycles. The number of hydrazone groups is 1. The molecule has 0 amide bonds. The Morgan fingerprint density at radius 1 is 1.24 bits per heavy atom. The Morgan fingerprint density at radius 2 is 2.00 bits per heavy atom. The van der Waals surface area contributed by atoms with Gasteiger partial charge in [-0.3, -0.25) is 5.43 Å². The molecule has 130 valence electrons. The summed E-state index contributed by atoms with van der Waals surface area (Å²) in [4.78, 5) is 10.6. The Balaban J connectivity index is 1.93. The topological polar surface area (TPSA) is 59.4 Å². The Kier molecular flexibility index (Phi) is 4.89. The van der Waals surface area contributed by atoms with Crippen LogP contribution in [0.1, 0.15) is 22.9 Å². The Labute approximate surface area is 147 Å². The first-order valence-corrected chi connectivity index (χ1v) is 8.34. The van der Waals surface area contributed by atoms with Gasteiger partial charge in [0.15, 0.2) is 5.82 Å². The van der Waals surface area contributed by atoms with Crippen LogP contribution in [-0.4, -0.2) is 22.3 Å². The van der Waals surface area contributed by atoms with E-state index in [1.807, 2.05) is 13.8 Å². The van der Waals surface area contributed by atoms with Crippen LogP contribution in [0, 0.1) is 13.8 Å². The molecule has 0 bridgehead atoms. The first-order chi connectivity index (χ1) is 12.0. The summed E-state index contributed by atoms with van der Waals surface area (Å²) in [5.41, 5.74) is 5.01. The van der Waals surface area contributed by atoms with Gasteiger partial charge in [-0.1, -0.05) is 12.1 Å². The fourth-order valence-electron chi connectivity index (χ4n) is 2.43. The van der Waals surface area contributed by atoms with Gasteiger partial charge in [-0.2, -0.15) is 13.9 Å². The van der Waals surface area contributed by atoms with Crippen LogP contribution in [-0.2, 0) is 0 Å². The van der Waals surface area contributed by atoms with Gasteiger partial charge in [0.1, 0.15) is 16.9 Å². The van der Waals surface area contributed by atoms with Crippen LogP contribution in [0.25, 0.3) is 10.2 Å². The van der Waals surface area contributed by atoms with E-state index < -0.39 is 6.61 Å². The van der Waals surface area contributed by atoms with E-state index in [1.165, 1.54) is 12.4 Å². The second-order valence-corrected chi connectivity index (χ2v) is 6.57. The standard InChI is InChI=1S/C17H16F2N4OS/c1-9-11(3)25-16-14(9)15(20-8-21-16)23-22-10(2)12-6-4-5-7-13(12)24-17(18)19/h4-8,17H,1-3H3,(H,20,21,23)/b22-10-. The van der Waals surface area contributed by atoms with Crippen molar-refractivity contribution < 1.29 is 13.5 Å². The Hall–Kier alpha value is -2.61. The van der Waals surface area contributed by atoms with Gasteiger partial charge in [0.2, 0.25) is 0 Å². The van der Waals surface area contributed by atoms with E-state index in [1.54, 1.807) is 36.5 Å². The molecule has 0 radical (unpaired) electrons. The second-order valence-electron chi connectivity index (χ2n) is 5.37. The molecule has 0 fully saturated rings. The van der Waals surface area contributed by atoms with Gasteiger partial charge in [0, 0.05) is 10.4 Å². The van der Waals surface area contributed by atoms with Crippen molar-refractivity contribution in [2.24, 2.45) is 5.10 Å². The van der Waals surface area contributed by atoms with Crippen molar-refractivity contribution >= 4 is 33.1 Å². The molecule has 1 N–H and O–H groups in total. The molecule has 0 atom stereocenters. The number of fused-ring (bicyclic) bond motifs is 1. The number of halogens is 2. The highest BCUT2D eigenvalue weighted by molar-refractivity contribution is 7.18. The third-order valence-electron chi connectivity index (χ3n) is 3.79. The number of hydrogen-bond donors (Lipinski definition) is 1. The summed E-state index contributed by atoms with van der Waals surface area (Å²) < 4.78 is 29.6. The minimum absolute atomic E-state index is 0.0796. The number of para-hydroxylation sites is 1. The van der Waals surface area contributed by atoms with E-state index in [4.69, 9.17) is 0 Å². The highest BCUT2D eigenvalue weighted by Gasteiger charge is 2.13. The molecule has 2 heterocycles. The fourth-order valence-corrected chi connectivity index (χ4v) is 3.43. The first kappa shape index (κ1) is 17.2. The average molecular weight is 362 g/mol. The first-order valence-electron chi connectivity index (χ1n) is 7.52. The van der Waals surface area contributed by atoms with Crippen LogP contribution < -0.4 is 10.2 Å². The van der Waals surface area contributed by atoms with Crippen LogP contribution >= 0.6 is 11.3 Å². The summed E-state index contributed by atoms with van der Waals surface area (Å²) in [7, 11) is 0. The van der Waals surface area contributed by atoms with Crippen LogP contribution in [0.2, 0.25) is 0 Å². The number of nitrogens with one attached hydrogen (secondary N) is 1. The van der Waals surface area contributed by atoms with Crippen molar-refractivity contribution in [2.75, 3.05) is 5.43 Å². The van der Waals surface area contributed by atoms with Crippen molar-refractivity contribution in [1.29, 1.82) is 0 Å². The monoisotopic (exact) mass is 362 g/mol. The molecule has 0 aliphatic carbocycles. The van der Waals surface area contributed by atoms with Crippen LogP contribution in [0.5, 0.6) is 5.75 Å². The van der Waals surface area contributed by atoms with Crippen molar-refractivity contribution in [2.45, 2.75) is 27.4 Å². The highest BCUT2D eigenvalue weighted by Crippen LogP contribution is 2.32. The van der Waals surface area contributed by atoms with Gasteiger partial charge in [-0.05, 0) is 38.5 Å². The zero-order valence-corrected chi connectivity index (χ0v) is 14.7. The normalized spacial score (nSPS) is 12.0. The predicted octanol–water partition coefficient (Wildman–Crippen LogP) is 4.75. The number of ether oxygens (including phenoxy) is 1. The van der Waals surface area contributed by atoms with Gasteiger partial charge in [-0.15, -0.1) is 11.3 Å². The largest absolute Gasteiger partial charge is 0.434 e. The maximum atomic E-state index is 12.5. The number of anilines is 1. The Morgan fingerprint density at radius 3 is 2.76 bits per heavy atom. The summed E-state index contributed by atoms with van der Waals surface area (Å²) in [5.74, 6) is 0.661. The highest BCUT2D eigenvalue weighted by atomic mass is 32.1. The third-order valence-corrected chi connectivity index (χ3v) is 4.90. The number of benzene rings is 1. The van der Waals surface area contributed by atoms with Crippen molar-refractivity contribution in [3.63, 3.8) is 0 Å². The molecule has 2 aromatic heterocycles. The van der Waals surface area contributed by atoms with E-state index >= 15 is 0 Å². The zero-order valence-electron chi connectivity index (χ0n) is 13.9. The molecular formula is C17H16F2N4OS. The lowest BCUT2D eigenvalue weighted by Gasteiger charge is -2.10. The molecule has 3 rings (SSSR count).